The molecule has 0 spiro atoms. The third-order valence-corrected chi connectivity index (χ3v) is 7.00. The molecule has 0 radical (unpaired) electrons. The Kier molecular flexibility index (Phi) is 6.00. The highest BCUT2D eigenvalue weighted by Gasteiger charge is 2.36. The predicted molar refractivity (Wildman–Crippen MR) is 109 cm³/mol. The van der Waals surface area contributed by atoms with Gasteiger partial charge in [0.25, 0.3) is 5.91 Å². The monoisotopic (exact) mass is 408 g/mol. The molecule has 0 saturated carbocycles. The Morgan fingerprint density at radius 2 is 2.04 bits per heavy atom. The van der Waals surface area contributed by atoms with Gasteiger partial charge in [0.05, 0.1) is 18.6 Å². The van der Waals surface area contributed by atoms with Gasteiger partial charge in [0.15, 0.2) is 15.6 Å². The van der Waals surface area contributed by atoms with Gasteiger partial charge in [0.1, 0.15) is 11.3 Å². The van der Waals surface area contributed by atoms with E-state index in [4.69, 9.17) is 9.15 Å². The zero-order valence-electron chi connectivity index (χ0n) is 16.9. The number of carbonyl (C=O) groups is 1. The lowest BCUT2D eigenvalue weighted by Gasteiger charge is -2.28. The SMILES string of the molecule is COc1ccc2oc(C(=O)N(CCCN(C)C)C3CCS(=O)(=O)C3)c(C)c2c1. The zero-order valence-corrected chi connectivity index (χ0v) is 17.7. The van der Waals surface area contributed by atoms with Gasteiger partial charge in [-0.15, -0.1) is 0 Å². The fraction of sp³-hybridized carbons (Fsp3) is 0.550. The first-order valence-corrected chi connectivity index (χ1v) is 11.3. The average Bonchev–Trinajstić information content (AvgIpc) is 3.17. The molecule has 28 heavy (non-hydrogen) atoms. The lowest BCUT2D eigenvalue weighted by atomic mass is 10.1. The second-order valence-electron chi connectivity index (χ2n) is 7.63. The molecule has 0 N–H and O–H groups in total. The third kappa shape index (κ3) is 4.33. The van der Waals surface area contributed by atoms with E-state index in [1.54, 1.807) is 24.1 Å². The van der Waals surface area contributed by atoms with E-state index in [9.17, 15) is 13.2 Å². The van der Waals surface area contributed by atoms with Crippen molar-refractivity contribution in [3.63, 3.8) is 0 Å². The lowest BCUT2D eigenvalue weighted by Crippen LogP contribution is -2.42. The van der Waals surface area contributed by atoms with Gasteiger partial charge in [0.2, 0.25) is 0 Å². The van der Waals surface area contributed by atoms with E-state index >= 15 is 0 Å². The summed E-state index contributed by atoms with van der Waals surface area (Å²) in [6.45, 7) is 3.17. The van der Waals surface area contributed by atoms with Crippen LogP contribution in [-0.4, -0.2) is 76.0 Å². The number of aryl methyl sites for hydroxylation is 1. The summed E-state index contributed by atoms with van der Waals surface area (Å²) in [5, 5.41) is 0.829. The number of sulfone groups is 1. The van der Waals surface area contributed by atoms with Gasteiger partial charge in [-0.25, -0.2) is 8.42 Å². The molecule has 1 aromatic carbocycles. The summed E-state index contributed by atoms with van der Waals surface area (Å²) < 4.78 is 35.1. The van der Waals surface area contributed by atoms with Crippen LogP contribution >= 0.6 is 0 Å². The molecule has 0 bridgehead atoms. The Balaban J connectivity index is 1.91. The van der Waals surface area contributed by atoms with Crippen LogP contribution in [0, 0.1) is 6.92 Å². The molecular formula is C20H28N2O5S. The van der Waals surface area contributed by atoms with E-state index in [0.29, 0.717) is 24.3 Å². The van der Waals surface area contributed by atoms with Crippen LogP contribution in [0.25, 0.3) is 11.0 Å². The van der Waals surface area contributed by atoms with Crippen molar-refractivity contribution in [1.82, 2.24) is 9.80 Å². The quantitative estimate of drug-likeness (QED) is 0.700. The highest BCUT2D eigenvalue weighted by Crippen LogP contribution is 2.30. The number of hydrogen-bond donors (Lipinski definition) is 0. The molecule has 1 aliphatic heterocycles. The van der Waals surface area contributed by atoms with Crippen molar-refractivity contribution < 1.29 is 22.4 Å². The molecule has 1 unspecified atom stereocenters. The molecule has 8 heteroatoms. The van der Waals surface area contributed by atoms with Crippen LogP contribution in [0.1, 0.15) is 29.0 Å². The minimum absolute atomic E-state index is 0.0216. The normalized spacial score (nSPS) is 18.7. The van der Waals surface area contributed by atoms with Crippen molar-refractivity contribution >= 4 is 26.7 Å². The van der Waals surface area contributed by atoms with Crippen molar-refractivity contribution in [3.8, 4) is 5.75 Å². The fourth-order valence-electron chi connectivity index (χ4n) is 3.69. The maximum absolute atomic E-state index is 13.4. The Labute approximate surface area is 166 Å². The van der Waals surface area contributed by atoms with E-state index < -0.39 is 9.84 Å². The van der Waals surface area contributed by atoms with Gasteiger partial charge >= 0.3 is 0 Å². The van der Waals surface area contributed by atoms with Crippen LogP contribution < -0.4 is 4.74 Å². The van der Waals surface area contributed by atoms with E-state index in [0.717, 1.165) is 23.9 Å². The first-order chi connectivity index (χ1) is 13.2. The summed E-state index contributed by atoms with van der Waals surface area (Å²) in [5.74, 6) is 0.880. The molecule has 1 aliphatic rings. The minimum atomic E-state index is -3.09. The van der Waals surface area contributed by atoms with Crippen molar-refractivity contribution in [2.24, 2.45) is 0 Å². The number of methoxy groups -OCH3 is 1. The van der Waals surface area contributed by atoms with Crippen LogP contribution in [0.4, 0.5) is 0 Å². The number of amides is 1. The Bertz CT molecular complexity index is 964. The van der Waals surface area contributed by atoms with E-state index in [-0.39, 0.29) is 29.2 Å². The van der Waals surface area contributed by atoms with E-state index in [2.05, 4.69) is 0 Å². The highest BCUT2D eigenvalue weighted by molar-refractivity contribution is 7.91. The maximum atomic E-state index is 13.4. The first-order valence-electron chi connectivity index (χ1n) is 9.45. The number of fused-ring (bicyclic) bond motifs is 1. The van der Waals surface area contributed by atoms with Gasteiger partial charge in [-0.2, -0.15) is 0 Å². The van der Waals surface area contributed by atoms with Gasteiger partial charge in [-0.05, 0) is 58.6 Å². The van der Waals surface area contributed by atoms with Gasteiger partial charge < -0.3 is 19.0 Å². The number of furan rings is 1. The van der Waals surface area contributed by atoms with Crippen LogP contribution in [0.5, 0.6) is 5.75 Å². The molecule has 0 aliphatic carbocycles. The number of nitrogens with zero attached hydrogens (tertiary/aromatic N) is 2. The Hall–Kier alpha value is -2.06. The number of benzene rings is 1. The maximum Gasteiger partial charge on any atom is 0.290 e. The van der Waals surface area contributed by atoms with Crippen LogP contribution in [0.2, 0.25) is 0 Å². The highest BCUT2D eigenvalue weighted by atomic mass is 32.2. The van der Waals surface area contributed by atoms with Crippen molar-refractivity contribution in [1.29, 1.82) is 0 Å². The molecule has 1 amide bonds. The zero-order chi connectivity index (χ0) is 20.5. The molecule has 2 heterocycles. The summed E-state index contributed by atoms with van der Waals surface area (Å²) in [6.07, 6.45) is 1.24. The van der Waals surface area contributed by atoms with Crippen LogP contribution in [-0.2, 0) is 9.84 Å². The third-order valence-electron chi connectivity index (χ3n) is 5.25. The molecule has 154 valence electrons. The van der Waals surface area contributed by atoms with Gasteiger partial charge in [-0.3, -0.25) is 4.79 Å². The fourth-order valence-corrected chi connectivity index (χ4v) is 5.42. The predicted octanol–water partition coefficient (Wildman–Crippen LogP) is 2.33. The minimum Gasteiger partial charge on any atom is -0.497 e. The van der Waals surface area contributed by atoms with Crippen LogP contribution in [0.15, 0.2) is 22.6 Å². The lowest BCUT2D eigenvalue weighted by molar-refractivity contribution is 0.0659. The Morgan fingerprint density at radius 1 is 1.29 bits per heavy atom. The van der Waals surface area contributed by atoms with Gasteiger partial charge in [0, 0.05) is 23.5 Å². The largest absolute Gasteiger partial charge is 0.497 e. The van der Waals surface area contributed by atoms with Crippen LogP contribution in [0.3, 0.4) is 0 Å². The van der Waals surface area contributed by atoms with Crippen molar-refractivity contribution in [3.05, 3.63) is 29.5 Å². The van der Waals surface area contributed by atoms with Crippen molar-refractivity contribution in [2.75, 3.05) is 45.8 Å². The van der Waals surface area contributed by atoms with E-state index in [1.807, 2.05) is 32.0 Å². The number of rotatable bonds is 7. The molecule has 1 saturated heterocycles. The topological polar surface area (TPSA) is 80.1 Å². The second-order valence-corrected chi connectivity index (χ2v) is 9.86. The first kappa shape index (κ1) is 20.7. The summed E-state index contributed by atoms with van der Waals surface area (Å²) in [6, 6.07) is 5.12. The second kappa shape index (κ2) is 8.13. The number of hydrogen-bond acceptors (Lipinski definition) is 6. The molecule has 1 aromatic heterocycles. The standard InChI is InChI=1S/C20H28N2O5S/c1-14-17-12-16(26-4)6-7-18(17)27-19(14)20(23)22(10-5-9-21(2)3)15-8-11-28(24,25)13-15/h6-7,12,15H,5,8-11,13H2,1-4H3. The summed E-state index contributed by atoms with van der Waals surface area (Å²) in [4.78, 5) is 17.1. The van der Waals surface area contributed by atoms with E-state index in [1.165, 1.54) is 0 Å². The summed E-state index contributed by atoms with van der Waals surface area (Å²) >= 11 is 0. The molecule has 1 fully saturated rings. The number of carbonyl (C=O) groups excluding carboxylic acids is 1. The average molecular weight is 409 g/mol. The molecule has 7 nitrogen and oxygen atoms in total. The molecular weight excluding hydrogens is 380 g/mol. The molecule has 3 rings (SSSR count). The smallest absolute Gasteiger partial charge is 0.290 e. The van der Waals surface area contributed by atoms with Gasteiger partial charge in [-0.1, -0.05) is 0 Å². The molecule has 1 atom stereocenters. The Morgan fingerprint density at radius 3 is 2.64 bits per heavy atom. The summed E-state index contributed by atoms with van der Waals surface area (Å²) in [7, 11) is 2.45. The summed E-state index contributed by atoms with van der Waals surface area (Å²) in [5.41, 5.74) is 1.37. The van der Waals surface area contributed by atoms with Crippen molar-refractivity contribution in [2.45, 2.75) is 25.8 Å². The number of ether oxygens (including phenoxy) is 1. The molecule has 2 aromatic rings.